The monoisotopic (exact) mass is 378 g/mol. The van der Waals surface area contributed by atoms with Gasteiger partial charge in [-0.25, -0.2) is 4.98 Å². The summed E-state index contributed by atoms with van der Waals surface area (Å²) in [6.07, 6.45) is 0.714. The predicted octanol–water partition coefficient (Wildman–Crippen LogP) is 4.76. The normalized spacial score (nSPS) is 10.8. The molecule has 0 bridgehead atoms. The number of fused-ring (bicyclic) bond motifs is 1. The molecule has 0 saturated carbocycles. The van der Waals surface area contributed by atoms with Crippen molar-refractivity contribution in [2.24, 2.45) is 0 Å². The van der Waals surface area contributed by atoms with Gasteiger partial charge in [0, 0.05) is 6.54 Å². The van der Waals surface area contributed by atoms with Crippen molar-refractivity contribution in [3.05, 3.63) is 72.5 Å². The highest BCUT2D eigenvalue weighted by Crippen LogP contribution is 2.31. The smallest absolute Gasteiger partial charge is 0.287 e. The molecule has 1 N–H and O–H groups in total. The van der Waals surface area contributed by atoms with Crippen molar-refractivity contribution in [1.82, 2.24) is 10.3 Å². The van der Waals surface area contributed by atoms with Crippen molar-refractivity contribution >= 4 is 27.5 Å². The minimum absolute atomic E-state index is 0.234. The van der Waals surface area contributed by atoms with Crippen LogP contribution in [0.1, 0.15) is 17.0 Å². The van der Waals surface area contributed by atoms with Crippen molar-refractivity contribution in [1.29, 1.82) is 0 Å². The third kappa shape index (κ3) is 4.17. The number of nitrogens with zero attached hydrogens (tertiary/aromatic N) is 1. The molecule has 0 aliphatic heterocycles. The minimum atomic E-state index is -0.234. The minimum Gasteiger partial charge on any atom is -0.494 e. The molecule has 27 heavy (non-hydrogen) atoms. The fourth-order valence-corrected chi connectivity index (χ4v) is 3.55. The molecule has 0 saturated heterocycles. The van der Waals surface area contributed by atoms with Gasteiger partial charge < -0.3 is 14.5 Å². The van der Waals surface area contributed by atoms with E-state index in [-0.39, 0.29) is 11.7 Å². The molecule has 2 aromatic heterocycles. The van der Waals surface area contributed by atoms with E-state index < -0.39 is 0 Å². The maximum Gasteiger partial charge on any atom is 0.287 e. The van der Waals surface area contributed by atoms with Crippen LogP contribution in [0.15, 0.2) is 71.1 Å². The van der Waals surface area contributed by atoms with Crippen molar-refractivity contribution in [2.75, 3.05) is 13.2 Å². The van der Waals surface area contributed by atoms with Crippen LogP contribution in [0.4, 0.5) is 0 Å². The van der Waals surface area contributed by atoms with Gasteiger partial charge in [0.15, 0.2) is 16.5 Å². The highest BCUT2D eigenvalue weighted by Gasteiger charge is 2.14. The Morgan fingerprint density at radius 1 is 1.04 bits per heavy atom. The van der Waals surface area contributed by atoms with E-state index in [1.165, 1.54) is 0 Å². The molecule has 4 aromatic rings. The number of carbonyl (C=O) groups excluding carboxylic acids is 1. The molecule has 0 spiro atoms. The largest absolute Gasteiger partial charge is 0.494 e. The third-order valence-electron chi connectivity index (χ3n) is 3.95. The predicted molar refractivity (Wildman–Crippen MR) is 106 cm³/mol. The molecule has 4 rings (SSSR count). The maximum absolute atomic E-state index is 12.2. The van der Waals surface area contributed by atoms with Gasteiger partial charge in [0.05, 0.1) is 16.8 Å². The van der Waals surface area contributed by atoms with Crippen LogP contribution in [0.25, 0.3) is 21.0 Å². The number of amides is 1. The number of hydrogen-bond donors (Lipinski definition) is 1. The molecule has 0 aliphatic carbocycles. The lowest BCUT2D eigenvalue weighted by Gasteiger charge is -2.06. The van der Waals surface area contributed by atoms with E-state index in [0.717, 1.165) is 21.0 Å². The number of nitrogens with one attached hydrogen (secondary N) is 1. The molecule has 0 fully saturated rings. The van der Waals surface area contributed by atoms with Crippen LogP contribution in [0.3, 0.4) is 0 Å². The SMILES string of the molecule is O=C(NCCCOc1ccccc1)c1ccc(-c2nc3ccccc3s2)o1. The fraction of sp³-hybridized carbons (Fsp3) is 0.143. The first-order chi connectivity index (χ1) is 13.3. The van der Waals surface area contributed by atoms with E-state index >= 15 is 0 Å². The first kappa shape index (κ1) is 17.3. The van der Waals surface area contributed by atoms with Crippen LogP contribution in [-0.4, -0.2) is 24.0 Å². The van der Waals surface area contributed by atoms with Crippen molar-refractivity contribution < 1.29 is 13.9 Å². The van der Waals surface area contributed by atoms with Gasteiger partial charge in [-0.1, -0.05) is 30.3 Å². The van der Waals surface area contributed by atoms with Gasteiger partial charge >= 0.3 is 0 Å². The number of rotatable bonds is 7. The maximum atomic E-state index is 12.2. The average Bonchev–Trinajstić information content (AvgIpc) is 3.35. The summed E-state index contributed by atoms with van der Waals surface area (Å²) in [6.45, 7) is 1.06. The second-order valence-electron chi connectivity index (χ2n) is 5.92. The van der Waals surface area contributed by atoms with Gasteiger partial charge in [-0.15, -0.1) is 11.3 Å². The van der Waals surface area contributed by atoms with Crippen LogP contribution in [0.5, 0.6) is 5.75 Å². The summed E-state index contributed by atoms with van der Waals surface area (Å²) in [5.41, 5.74) is 0.929. The summed E-state index contributed by atoms with van der Waals surface area (Å²) < 4.78 is 12.4. The summed E-state index contributed by atoms with van der Waals surface area (Å²) >= 11 is 1.54. The Kier molecular flexibility index (Phi) is 5.16. The Bertz CT molecular complexity index is 1010. The molecular weight excluding hydrogens is 360 g/mol. The highest BCUT2D eigenvalue weighted by molar-refractivity contribution is 7.21. The zero-order chi connectivity index (χ0) is 18.5. The van der Waals surface area contributed by atoms with E-state index in [1.807, 2.05) is 54.6 Å². The van der Waals surface area contributed by atoms with Crippen molar-refractivity contribution in [3.63, 3.8) is 0 Å². The van der Waals surface area contributed by atoms with E-state index in [9.17, 15) is 4.79 Å². The molecule has 0 atom stereocenters. The molecule has 5 nitrogen and oxygen atoms in total. The standard InChI is InChI=1S/C21H18N2O3S/c24-20(22-13-6-14-25-15-7-2-1-3-8-15)17-11-12-18(26-17)21-23-16-9-4-5-10-19(16)27-21/h1-5,7-12H,6,13-14H2,(H,22,24). The second kappa shape index (κ2) is 8.05. The van der Waals surface area contributed by atoms with Gasteiger partial charge in [0.1, 0.15) is 5.75 Å². The summed E-state index contributed by atoms with van der Waals surface area (Å²) in [6, 6.07) is 21.0. The van der Waals surface area contributed by atoms with Gasteiger partial charge in [-0.2, -0.15) is 0 Å². The average molecular weight is 378 g/mol. The van der Waals surface area contributed by atoms with Gasteiger partial charge in [-0.05, 0) is 42.8 Å². The van der Waals surface area contributed by atoms with Gasteiger partial charge in [0.2, 0.25) is 0 Å². The first-order valence-electron chi connectivity index (χ1n) is 8.71. The van der Waals surface area contributed by atoms with E-state index in [0.29, 0.717) is 25.3 Å². The number of furan rings is 1. The van der Waals surface area contributed by atoms with E-state index in [4.69, 9.17) is 9.15 Å². The lowest BCUT2D eigenvalue weighted by Crippen LogP contribution is -2.25. The Morgan fingerprint density at radius 3 is 2.70 bits per heavy atom. The Hall–Kier alpha value is -3.12. The summed E-state index contributed by atoms with van der Waals surface area (Å²) in [5.74, 6) is 1.49. The summed E-state index contributed by atoms with van der Waals surface area (Å²) in [5, 5.41) is 3.62. The topological polar surface area (TPSA) is 64.4 Å². The zero-order valence-electron chi connectivity index (χ0n) is 14.6. The quantitative estimate of drug-likeness (QED) is 0.471. The number of para-hydroxylation sites is 2. The second-order valence-corrected chi connectivity index (χ2v) is 6.95. The van der Waals surface area contributed by atoms with Crippen LogP contribution in [0, 0.1) is 0 Å². The third-order valence-corrected chi connectivity index (χ3v) is 5.00. The van der Waals surface area contributed by atoms with E-state index in [2.05, 4.69) is 10.3 Å². The Morgan fingerprint density at radius 2 is 1.85 bits per heavy atom. The molecule has 0 aliphatic rings. The first-order valence-corrected chi connectivity index (χ1v) is 9.53. The zero-order valence-corrected chi connectivity index (χ0v) is 15.4. The molecule has 0 radical (unpaired) electrons. The Balaban J connectivity index is 1.29. The number of carbonyl (C=O) groups is 1. The molecule has 2 heterocycles. The number of benzene rings is 2. The summed E-state index contributed by atoms with van der Waals surface area (Å²) in [4.78, 5) is 16.8. The van der Waals surface area contributed by atoms with E-state index in [1.54, 1.807) is 23.5 Å². The van der Waals surface area contributed by atoms with Crippen molar-refractivity contribution in [2.45, 2.75) is 6.42 Å². The molecular formula is C21H18N2O3S. The number of hydrogen-bond acceptors (Lipinski definition) is 5. The van der Waals surface area contributed by atoms with Crippen molar-refractivity contribution in [3.8, 4) is 16.5 Å². The number of thiazole rings is 1. The van der Waals surface area contributed by atoms with Gasteiger partial charge in [-0.3, -0.25) is 4.79 Å². The molecule has 2 aromatic carbocycles. The summed E-state index contributed by atoms with van der Waals surface area (Å²) in [7, 11) is 0. The van der Waals surface area contributed by atoms with Crippen LogP contribution >= 0.6 is 11.3 Å². The fourth-order valence-electron chi connectivity index (χ4n) is 2.62. The van der Waals surface area contributed by atoms with Crippen LogP contribution in [-0.2, 0) is 0 Å². The molecule has 6 heteroatoms. The molecule has 1 amide bonds. The van der Waals surface area contributed by atoms with Crippen LogP contribution in [0.2, 0.25) is 0 Å². The van der Waals surface area contributed by atoms with Gasteiger partial charge in [0.25, 0.3) is 5.91 Å². The highest BCUT2D eigenvalue weighted by atomic mass is 32.1. The number of aromatic nitrogens is 1. The lowest BCUT2D eigenvalue weighted by atomic mass is 10.3. The molecule has 0 unspecified atom stereocenters. The Labute approximate surface area is 160 Å². The van der Waals surface area contributed by atoms with Crippen LogP contribution < -0.4 is 10.1 Å². The lowest BCUT2D eigenvalue weighted by molar-refractivity contribution is 0.0924. The number of ether oxygens (including phenoxy) is 1. The molecule has 136 valence electrons.